The summed E-state index contributed by atoms with van der Waals surface area (Å²) in [5.74, 6) is -0.772. The van der Waals surface area contributed by atoms with Crippen molar-refractivity contribution < 1.29 is 29.3 Å². The summed E-state index contributed by atoms with van der Waals surface area (Å²) in [6, 6.07) is 34.8. The third-order valence-corrected chi connectivity index (χ3v) is 8.88. The molecule has 0 spiro atoms. The number of amides is 1. The van der Waals surface area contributed by atoms with Gasteiger partial charge in [-0.25, -0.2) is 0 Å². The van der Waals surface area contributed by atoms with Crippen LogP contribution >= 0.6 is 0 Å². The summed E-state index contributed by atoms with van der Waals surface area (Å²) in [7, 11) is 2.12. The minimum atomic E-state index is -0.774. The normalized spacial score (nSPS) is 17.6. The molecule has 1 heterocycles. The van der Waals surface area contributed by atoms with Crippen LogP contribution < -0.4 is 5.32 Å². The van der Waals surface area contributed by atoms with Crippen molar-refractivity contribution in [2.24, 2.45) is 0 Å². The molecule has 8 heteroatoms. The van der Waals surface area contributed by atoms with E-state index in [4.69, 9.17) is 14.6 Å². The van der Waals surface area contributed by atoms with Crippen LogP contribution in [0.25, 0.3) is 11.1 Å². The molecule has 8 nitrogen and oxygen atoms in total. The van der Waals surface area contributed by atoms with Crippen LogP contribution in [-0.4, -0.2) is 46.7 Å². The van der Waals surface area contributed by atoms with Crippen LogP contribution in [0.4, 0.5) is 0 Å². The van der Waals surface area contributed by atoms with Gasteiger partial charge in [-0.15, -0.1) is 0 Å². The number of hydrogen-bond donors (Lipinski definition) is 3. The van der Waals surface area contributed by atoms with Gasteiger partial charge >= 0.3 is 5.97 Å². The molecule has 1 aliphatic heterocycles. The largest absolute Gasteiger partial charge is 0.481 e. The fourth-order valence-electron chi connectivity index (χ4n) is 6.27. The maximum atomic E-state index is 12.4. The second-order valence-corrected chi connectivity index (χ2v) is 12.9. The van der Waals surface area contributed by atoms with Gasteiger partial charge in [-0.1, -0.05) is 104 Å². The fourth-order valence-corrected chi connectivity index (χ4v) is 6.27. The molecule has 0 aliphatic carbocycles. The molecule has 4 aromatic rings. The summed E-state index contributed by atoms with van der Waals surface area (Å²) in [6.07, 6.45) is 3.62. The molecule has 0 unspecified atom stereocenters. The van der Waals surface area contributed by atoms with E-state index in [-0.39, 0.29) is 31.1 Å². The maximum absolute atomic E-state index is 12.4. The van der Waals surface area contributed by atoms with Crippen LogP contribution in [0.3, 0.4) is 0 Å². The first kappa shape index (κ1) is 36.0. The standard InChI is InChI=1S/C41H48N2O6/c1-43(27-30-11-5-4-6-12-30)28-37-25-38(33-21-19-31(29-44)20-22-33)49-41(48-37)36-16-10-15-35(24-36)34-14-9-13-32(23-34)26-42-39(45)17-7-2-3-8-18-40(46)47/h4-6,9-16,19-24,37-38,41,44H,2-3,7-8,17-18,25-29H2,1H3,(H,42,45)(H,46,47)/t37-,38+,41+/m1/s1. The van der Waals surface area contributed by atoms with Gasteiger partial charge in [0.25, 0.3) is 0 Å². The third-order valence-electron chi connectivity index (χ3n) is 8.88. The highest BCUT2D eigenvalue weighted by Crippen LogP contribution is 2.39. The van der Waals surface area contributed by atoms with E-state index in [0.717, 1.165) is 65.7 Å². The molecule has 1 fully saturated rings. The second kappa shape index (κ2) is 18.4. The van der Waals surface area contributed by atoms with Gasteiger partial charge in [-0.2, -0.15) is 0 Å². The molecule has 0 saturated carbocycles. The molecule has 0 bridgehead atoms. The lowest BCUT2D eigenvalue weighted by atomic mass is 9.98. The minimum absolute atomic E-state index is 0.00162. The van der Waals surface area contributed by atoms with E-state index in [9.17, 15) is 14.7 Å². The number of nitrogens with one attached hydrogen (secondary N) is 1. The minimum Gasteiger partial charge on any atom is -0.481 e. The Hall–Kier alpha value is -4.34. The molecule has 5 rings (SSSR count). The first-order valence-electron chi connectivity index (χ1n) is 17.3. The topological polar surface area (TPSA) is 108 Å². The maximum Gasteiger partial charge on any atom is 0.303 e. The molecule has 3 N–H and O–H groups in total. The highest BCUT2D eigenvalue weighted by molar-refractivity contribution is 5.76. The zero-order valence-electron chi connectivity index (χ0n) is 28.3. The number of hydrogen-bond acceptors (Lipinski definition) is 6. The van der Waals surface area contributed by atoms with Gasteiger partial charge in [0.2, 0.25) is 5.91 Å². The molecule has 258 valence electrons. The summed E-state index contributed by atoms with van der Waals surface area (Å²) in [6.45, 7) is 2.01. The Bertz CT molecular complexity index is 1630. The fraction of sp³-hybridized carbons (Fsp3) is 0.366. The summed E-state index contributed by atoms with van der Waals surface area (Å²) >= 11 is 0. The molecule has 0 aromatic heterocycles. The zero-order valence-corrected chi connectivity index (χ0v) is 28.3. The van der Waals surface area contributed by atoms with Crippen LogP contribution in [-0.2, 0) is 38.8 Å². The van der Waals surface area contributed by atoms with Crippen molar-refractivity contribution in [3.05, 3.63) is 131 Å². The molecule has 1 amide bonds. The first-order chi connectivity index (χ1) is 23.9. The van der Waals surface area contributed by atoms with Crippen molar-refractivity contribution >= 4 is 11.9 Å². The van der Waals surface area contributed by atoms with Crippen molar-refractivity contribution in [2.45, 2.75) is 83.1 Å². The molecular formula is C41H48N2O6. The average molecular weight is 665 g/mol. The van der Waals surface area contributed by atoms with Crippen LogP contribution in [0, 0.1) is 0 Å². The van der Waals surface area contributed by atoms with Crippen molar-refractivity contribution in [1.82, 2.24) is 10.2 Å². The van der Waals surface area contributed by atoms with E-state index >= 15 is 0 Å². The number of aliphatic hydroxyl groups is 1. The molecule has 1 aliphatic rings. The smallest absolute Gasteiger partial charge is 0.303 e. The van der Waals surface area contributed by atoms with E-state index < -0.39 is 12.3 Å². The van der Waals surface area contributed by atoms with Crippen molar-refractivity contribution in [2.75, 3.05) is 13.6 Å². The number of likely N-dealkylation sites (N-methyl/N-ethyl adjacent to an activating group) is 1. The van der Waals surface area contributed by atoms with E-state index in [0.29, 0.717) is 25.8 Å². The number of ether oxygens (including phenoxy) is 2. The Labute approximate surface area is 289 Å². The molecule has 1 saturated heterocycles. The van der Waals surface area contributed by atoms with Gasteiger partial charge in [0.05, 0.1) is 18.8 Å². The van der Waals surface area contributed by atoms with Crippen LogP contribution in [0.1, 0.15) is 85.2 Å². The number of aliphatic carboxylic acids is 1. The van der Waals surface area contributed by atoms with Gasteiger partial charge in [0.15, 0.2) is 6.29 Å². The van der Waals surface area contributed by atoms with E-state index in [2.05, 4.69) is 65.8 Å². The highest BCUT2D eigenvalue weighted by Gasteiger charge is 2.33. The predicted molar refractivity (Wildman–Crippen MR) is 190 cm³/mol. The lowest BCUT2D eigenvalue weighted by molar-refractivity contribution is -0.252. The highest BCUT2D eigenvalue weighted by atomic mass is 16.7. The Kier molecular flexibility index (Phi) is 13.5. The predicted octanol–water partition coefficient (Wildman–Crippen LogP) is 7.56. The third kappa shape index (κ3) is 11.4. The quantitative estimate of drug-likeness (QED) is 0.100. The number of carboxylic acids is 1. The lowest BCUT2D eigenvalue weighted by Crippen LogP contribution is -2.37. The van der Waals surface area contributed by atoms with E-state index in [1.54, 1.807) is 0 Å². The van der Waals surface area contributed by atoms with Crippen molar-refractivity contribution in [1.29, 1.82) is 0 Å². The number of rotatable bonds is 17. The SMILES string of the molecule is CN(Cc1ccccc1)C[C@H]1C[C@@H](c2ccc(CO)cc2)O[C@@H](c2cccc(-c3cccc(CNC(=O)CCCCCCC(=O)O)c3)c2)O1. The van der Waals surface area contributed by atoms with Crippen molar-refractivity contribution in [3.63, 3.8) is 0 Å². The molecule has 0 radical (unpaired) electrons. The summed E-state index contributed by atoms with van der Waals surface area (Å²) in [4.78, 5) is 25.4. The second-order valence-electron chi connectivity index (χ2n) is 12.9. The molecular weight excluding hydrogens is 616 g/mol. The van der Waals surface area contributed by atoms with Crippen LogP contribution in [0.15, 0.2) is 103 Å². The Balaban J connectivity index is 1.24. The zero-order chi connectivity index (χ0) is 34.4. The van der Waals surface area contributed by atoms with Crippen LogP contribution in [0.2, 0.25) is 0 Å². The number of nitrogens with zero attached hydrogens (tertiary/aromatic N) is 1. The molecule has 4 aromatic carbocycles. The molecule has 49 heavy (non-hydrogen) atoms. The first-order valence-corrected chi connectivity index (χ1v) is 17.3. The van der Waals surface area contributed by atoms with Crippen LogP contribution in [0.5, 0.6) is 0 Å². The Morgan fingerprint density at radius 1 is 0.755 bits per heavy atom. The van der Waals surface area contributed by atoms with Gasteiger partial charge in [0, 0.05) is 44.5 Å². The Morgan fingerprint density at radius 2 is 1.45 bits per heavy atom. The number of carboxylic acid groups (broad SMARTS) is 1. The monoisotopic (exact) mass is 664 g/mol. The number of benzene rings is 4. The summed E-state index contributed by atoms with van der Waals surface area (Å²) in [5.41, 5.74) is 7.20. The number of aliphatic hydroxyl groups excluding tert-OH is 1. The average Bonchev–Trinajstić information content (AvgIpc) is 3.12. The summed E-state index contributed by atoms with van der Waals surface area (Å²) < 4.78 is 13.3. The van der Waals surface area contributed by atoms with E-state index in [1.165, 1.54) is 5.56 Å². The number of carbonyl (C=O) groups excluding carboxylic acids is 1. The van der Waals surface area contributed by atoms with Gasteiger partial charge in [-0.05, 0) is 65.4 Å². The number of unbranched alkanes of at least 4 members (excludes halogenated alkanes) is 3. The van der Waals surface area contributed by atoms with Gasteiger partial charge < -0.3 is 25.0 Å². The van der Waals surface area contributed by atoms with Crippen molar-refractivity contribution in [3.8, 4) is 11.1 Å². The lowest BCUT2D eigenvalue weighted by Gasteiger charge is -2.38. The number of carbonyl (C=O) groups is 2. The summed E-state index contributed by atoms with van der Waals surface area (Å²) in [5, 5.41) is 21.3. The van der Waals surface area contributed by atoms with E-state index in [1.807, 2.05) is 54.6 Å². The van der Waals surface area contributed by atoms with Gasteiger partial charge in [-0.3, -0.25) is 14.5 Å². The van der Waals surface area contributed by atoms with Gasteiger partial charge in [0.1, 0.15) is 0 Å². The Morgan fingerprint density at radius 3 is 2.18 bits per heavy atom. The molecule has 3 atom stereocenters.